The van der Waals surface area contributed by atoms with Crippen LogP contribution >= 0.6 is 0 Å². The van der Waals surface area contributed by atoms with Crippen molar-refractivity contribution < 1.29 is 24.2 Å². The lowest BCUT2D eigenvalue weighted by Gasteiger charge is -2.35. The molecule has 4 atom stereocenters. The molecule has 0 saturated heterocycles. The number of carboxylic acid groups (broad SMARTS) is 1. The zero-order valence-corrected chi connectivity index (χ0v) is 16.8. The fourth-order valence-corrected chi connectivity index (χ4v) is 3.90. The van der Waals surface area contributed by atoms with Crippen LogP contribution in [0.5, 0.6) is 0 Å². The maximum Gasteiger partial charge on any atom is 0.407 e. The lowest BCUT2D eigenvalue weighted by atomic mass is 9.81. The second-order valence-electron chi connectivity index (χ2n) is 8.23. The molecular formula is C19H34N2O5. The summed E-state index contributed by atoms with van der Waals surface area (Å²) in [7, 11) is 0. The smallest absolute Gasteiger partial charge is 0.407 e. The van der Waals surface area contributed by atoms with Gasteiger partial charge in [-0.25, -0.2) is 4.79 Å². The van der Waals surface area contributed by atoms with Gasteiger partial charge in [0.15, 0.2) is 0 Å². The number of hydrogen-bond donors (Lipinski definition) is 3. The Hall–Kier alpha value is -1.79. The molecule has 0 radical (unpaired) electrons. The average molecular weight is 370 g/mol. The van der Waals surface area contributed by atoms with Gasteiger partial charge in [0.25, 0.3) is 0 Å². The molecule has 0 aliphatic heterocycles. The Kier molecular flexibility index (Phi) is 7.90. The van der Waals surface area contributed by atoms with Crippen LogP contribution in [-0.2, 0) is 14.3 Å². The Morgan fingerprint density at radius 3 is 2.15 bits per heavy atom. The second-order valence-corrected chi connectivity index (χ2v) is 8.23. The Bertz CT molecular complexity index is 511. The molecular weight excluding hydrogens is 336 g/mol. The van der Waals surface area contributed by atoms with Crippen LogP contribution in [-0.4, -0.2) is 40.8 Å². The van der Waals surface area contributed by atoms with Crippen molar-refractivity contribution in [1.29, 1.82) is 0 Å². The molecule has 0 heterocycles. The Morgan fingerprint density at radius 1 is 1.15 bits per heavy atom. The zero-order valence-electron chi connectivity index (χ0n) is 16.8. The van der Waals surface area contributed by atoms with Gasteiger partial charge in [0.1, 0.15) is 5.60 Å². The van der Waals surface area contributed by atoms with Crippen molar-refractivity contribution in [2.24, 2.45) is 17.8 Å². The molecule has 0 aromatic rings. The Labute approximate surface area is 156 Å². The number of carboxylic acids is 1. The minimum absolute atomic E-state index is 0.141. The van der Waals surface area contributed by atoms with Gasteiger partial charge in [-0.15, -0.1) is 0 Å². The fourth-order valence-electron chi connectivity index (χ4n) is 3.90. The number of nitrogens with one attached hydrogen (secondary N) is 2. The number of carbonyl (C=O) groups is 3. The lowest BCUT2D eigenvalue weighted by Crippen LogP contribution is -2.51. The summed E-state index contributed by atoms with van der Waals surface area (Å²) in [5.41, 5.74) is -0.628. The summed E-state index contributed by atoms with van der Waals surface area (Å²) >= 11 is 0. The highest BCUT2D eigenvalue weighted by Gasteiger charge is 2.44. The molecule has 0 aromatic carbocycles. The van der Waals surface area contributed by atoms with Crippen molar-refractivity contribution in [3.05, 3.63) is 0 Å². The molecule has 26 heavy (non-hydrogen) atoms. The third-order valence-electron chi connectivity index (χ3n) is 5.05. The standard InChI is InChI=1S/C19H34N2O5/c1-7-12(8-2)16(20-11(3)22)14-9-13(17(23)24)10-15(14)21-18(25)26-19(4,5)6/h12-16H,7-10H2,1-6H3,(H,20,22)(H,21,25)(H,23,24). The van der Waals surface area contributed by atoms with E-state index in [-0.39, 0.29) is 29.8 Å². The first-order valence-corrected chi connectivity index (χ1v) is 9.47. The van der Waals surface area contributed by atoms with Crippen molar-refractivity contribution >= 4 is 18.0 Å². The highest BCUT2D eigenvalue weighted by Crippen LogP contribution is 2.37. The van der Waals surface area contributed by atoms with Gasteiger partial charge in [-0.05, 0) is 39.5 Å². The van der Waals surface area contributed by atoms with Gasteiger partial charge in [-0.1, -0.05) is 26.7 Å². The van der Waals surface area contributed by atoms with Gasteiger partial charge in [0.2, 0.25) is 5.91 Å². The van der Waals surface area contributed by atoms with E-state index in [1.54, 1.807) is 20.8 Å². The van der Waals surface area contributed by atoms with E-state index in [2.05, 4.69) is 24.5 Å². The van der Waals surface area contributed by atoms with Gasteiger partial charge in [-0.2, -0.15) is 0 Å². The van der Waals surface area contributed by atoms with E-state index in [0.717, 1.165) is 12.8 Å². The first-order chi connectivity index (χ1) is 12.0. The third kappa shape index (κ3) is 6.50. The van der Waals surface area contributed by atoms with Crippen molar-refractivity contribution in [2.75, 3.05) is 0 Å². The minimum Gasteiger partial charge on any atom is -0.481 e. The number of ether oxygens (including phenoxy) is 1. The van der Waals surface area contributed by atoms with Crippen molar-refractivity contribution in [2.45, 2.75) is 84.9 Å². The van der Waals surface area contributed by atoms with Gasteiger partial charge < -0.3 is 20.5 Å². The normalized spacial score (nSPS) is 24.2. The Balaban J connectivity index is 3.04. The molecule has 1 aliphatic rings. The summed E-state index contributed by atoms with van der Waals surface area (Å²) in [4.78, 5) is 35.5. The maximum absolute atomic E-state index is 12.2. The van der Waals surface area contributed by atoms with Gasteiger partial charge in [0, 0.05) is 24.9 Å². The summed E-state index contributed by atoms with van der Waals surface area (Å²) in [6.45, 7) is 10.9. The topological polar surface area (TPSA) is 105 Å². The van der Waals surface area contributed by atoms with Crippen LogP contribution in [0.4, 0.5) is 4.79 Å². The van der Waals surface area contributed by atoms with E-state index in [4.69, 9.17) is 4.74 Å². The summed E-state index contributed by atoms with van der Waals surface area (Å²) in [5.74, 6) is -1.46. The average Bonchev–Trinajstić information content (AvgIpc) is 2.88. The Morgan fingerprint density at radius 2 is 1.73 bits per heavy atom. The molecule has 1 fully saturated rings. The predicted octanol–water partition coefficient (Wildman–Crippen LogP) is 2.93. The lowest BCUT2D eigenvalue weighted by molar-refractivity contribution is -0.141. The predicted molar refractivity (Wildman–Crippen MR) is 98.7 cm³/mol. The minimum atomic E-state index is -0.866. The molecule has 7 nitrogen and oxygen atoms in total. The van der Waals surface area contributed by atoms with Crippen LogP contribution < -0.4 is 10.6 Å². The number of hydrogen-bond acceptors (Lipinski definition) is 4. The SMILES string of the molecule is CCC(CC)C(NC(C)=O)C1CC(C(=O)O)CC1NC(=O)OC(C)(C)C. The molecule has 2 amide bonds. The van der Waals surface area contributed by atoms with E-state index in [9.17, 15) is 19.5 Å². The van der Waals surface area contributed by atoms with Crippen LogP contribution in [0.2, 0.25) is 0 Å². The van der Waals surface area contributed by atoms with E-state index >= 15 is 0 Å². The molecule has 0 aromatic heterocycles. The summed E-state index contributed by atoms with van der Waals surface area (Å²) in [5, 5.41) is 15.3. The zero-order chi connectivity index (χ0) is 20.1. The van der Waals surface area contributed by atoms with Crippen LogP contribution in [0.1, 0.15) is 67.2 Å². The van der Waals surface area contributed by atoms with E-state index < -0.39 is 23.6 Å². The first kappa shape index (κ1) is 22.3. The van der Waals surface area contributed by atoms with E-state index in [1.807, 2.05) is 0 Å². The molecule has 0 spiro atoms. The van der Waals surface area contributed by atoms with Gasteiger partial charge in [0.05, 0.1) is 5.92 Å². The van der Waals surface area contributed by atoms with Crippen molar-refractivity contribution in [3.63, 3.8) is 0 Å². The van der Waals surface area contributed by atoms with Crippen LogP contribution in [0.15, 0.2) is 0 Å². The first-order valence-electron chi connectivity index (χ1n) is 9.47. The van der Waals surface area contributed by atoms with Crippen molar-refractivity contribution in [3.8, 4) is 0 Å². The quantitative estimate of drug-likeness (QED) is 0.639. The van der Waals surface area contributed by atoms with Crippen LogP contribution in [0, 0.1) is 17.8 Å². The summed E-state index contributed by atoms with van der Waals surface area (Å²) in [6, 6.07) is -0.518. The van der Waals surface area contributed by atoms with Crippen LogP contribution in [0.3, 0.4) is 0 Å². The number of alkyl carbamates (subject to hydrolysis) is 1. The molecule has 7 heteroatoms. The molecule has 0 bridgehead atoms. The van der Waals surface area contributed by atoms with Gasteiger partial charge in [-0.3, -0.25) is 9.59 Å². The maximum atomic E-state index is 12.2. The number of amides is 2. The molecule has 150 valence electrons. The van der Waals surface area contributed by atoms with E-state index in [1.165, 1.54) is 6.92 Å². The molecule has 1 rings (SSSR count). The summed E-state index contributed by atoms with van der Waals surface area (Å²) in [6.07, 6.45) is 1.96. The monoisotopic (exact) mass is 370 g/mol. The largest absolute Gasteiger partial charge is 0.481 e. The number of rotatable bonds is 7. The van der Waals surface area contributed by atoms with E-state index in [0.29, 0.717) is 12.8 Å². The van der Waals surface area contributed by atoms with Gasteiger partial charge >= 0.3 is 12.1 Å². The van der Waals surface area contributed by atoms with Crippen molar-refractivity contribution in [1.82, 2.24) is 10.6 Å². The molecule has 1 aliphatic carbocycles. The second kappa shape index (κ2) is 9.24. The number of carbonyl (C=O) groups excluding carboxylic acids is 2. The molecule has 4 unspecified atom stereocenters. The molecule has 1 saturated carbocycles. The third-order valence-corrected chi connectivity index (χ3v) is 5.05. The molecule has 3 N–H and O–H groups in total. The highest BCUT2D eigenvalue weighted by molar-refractivity contribution is 5.74. The fraction of sp³-hybridized carbons (Fsp3) is 0.842. The van der Waals surface area contributed by atoms with Crippen LogP contribution in [0.25, 0.3) is 0 Å². The highest BCUT2D eigenvalue weighted by atomic mass is 16.6. The summed E-state index contributed by atoms with van der Waals surface area (Å²) < 4.78 is 5.33. The number of aliphatic carboxylic acids is 1.